The third-order valence-corrected chi connectivity index (χ3v) is 4.19. The van der Waals surface area contributed by atoms with Gasteiger partial charge in [-0.2, -0.15) is 0 Å². The van der Waals surface area contributed by atoms with Gasteiger partial charge in [-0.25, -0.2) is 9.97 Å². The number of aromatic nitrogens is 2. The molecule has 22 heavy (non-hydrogen) atoms. The zero-order valence-corrected chi connectivity index (χ0v) is 12.9. The number of ether oxygens (including phenoxy) is 1. The predicted octanol–water partition coefficient (Wildman–Crippen LogP) is 2.03. The fourth-order valence-electron chi connectivity index (χ4n) is 2.79. The van der Waals surface area contributed by atoms with Crippen molar-refractivity contribution in [2.75, 3.05) is 24.3 Å². The average molecular weight is 321 g/mol. The van der Waals surface area contributed by atoms with Gasteiger partial charge in [-0.15, -0.1) is 0 Å². The molecule has 0 unspecified atom stereocenters. The van der Waals surface area contributed by atoms with Crippen molar-refractivity contribution in [2.45, 2.75) is 18.6 Å². The third-order valence-electron chi connectivity index (χ3n) is 3.83. The van der Waals surface area contributed by atoms with E-state index in [4.69, 9.17) is 22.1 Å². The molecule has 116 valence electrons. The van der Waals surface area contributed by atoms with Crippen molar-refractivity contribution < 1.29 is 9.84 Å². The van der Waals surface area contributed by atoms with Gasteiger partial charge in [-0.3, -0.25) is 0 Å². The van der Waals surface area contributed by atoms with E-state index in [-0.39, 0.29) is 11.9 Å². The molecule has 2 aromatic rings. The lowest BCUT2D eigenvalue weighted by Gasteiger charge is -2.26. The molecule has 3 rings (SSSR count). The number of β-amino-alcohol motifs (C(OH)–C–C–N with tert-alkyl or cyclic N) is 1. The van der Waals surface area contributed by atoms with Crippen LogP contribution in [0.15, 0.2) is 30.6 Å². The zero-order chi connectivity index (χ0) is 15.7. The first-order valence-corrected chi connectivity index (χ1v) is 7.32. The van der Waals surface area contributed by atoms with Crippen LogP contribution >= 0.6 is 11.6 Å². The number of nitrogen functional groups attached to an aromatic ring is 1. The van der Waals surface area contributed by atoms with E-state index in [1.54, 1.807) is 7.11 Å². The molecule has 0 amide bonds. The van der Waals surface area contributed by atoms with Gasteiger partial charge in [-0.1, -0.05) is 23.7 Å². The fraction of sp³-hybridized carbons (Fsp3) is 0.333. The summed E-state index contributed by atoms with van der Waals surface area (Å²) in [6.45, 7) is 0.443. The minimum Gasteiger partial charge on any atom is -0.497 e. The predicted molar refractivity (Wildman–Crippen MR) is 85.2 cm³/mol. The van der Waals surface area contributed by atoms with E-state index in [1.807, 2.05) is 29.2 Å². The van der Waals surface area contributed by atoms with Crippen LogP contribution < -0.4 is 15.4 Å². The Bertz CT molecular complexity index is 682. The Kier molecular flexibility index (Phi) is 4.04. The average Bonchev–Trinajstić information content (AvgIpc) is 2.92. The van der Waals surface area contributed by atoms with Crippen LogP contribution in [0, 0.1) is 0 Å². The van der Waals surface area contributed by atoms with Crippen molar-refractivity contribution >= 4 is 23.2 Å². The lowest BCUT2D eigenvalue weighted by atomic mass is 10.0. The lowest BCUT2D eigenvalue weighted by molar-refractivity contribution is 0.194. The first-order valence-electron chi connectivity index (χ1n) is 6.94. The molecule has 0 radical (unpaired) electrons. The smallest absolute Gasteiger partial charge is 0.153 e. The van der Waals surface area contributed by atoms with Crippen molar-refractivity contribution in [3.05, 3.63) is 41.2 Å². The van der Waals surface area contributed by atoms with Crippen molar-refractivity contribution in [2.24, 2.45) is 0 Å². The second-order valence-corrected chi connectivity index (χ2v) is 5.61. The van der Waals surface area contributed by atoms with Crippen LogP contribution in [-0.2, 0) is 0 Å². The normalized spacial score (nSPS) is 21.1. The molecule has 1 fully saturated rings. The molecule has 1 aliphatic rings. The Morgan fingerprint density at radius 3 is 3.00 bits per heavy atom. The summed E-state index contributed by atoms with van der Waals surface area (Å²) in [7, 11) is 1.63. The highest BCUT2D eigenvalue weighted by atomic mass is 35.5. The monoisotopic (exact) mass is 320 g/mol. The van der Waals surface area contributed by atoms with Gasteiger partial charge in [0.1, 0.15) is 22.9 Å². The van der Waals surface area contributed by atoms with Crippen LogP contribution in [0.5, 0.6) is 5.75 Å². The number of benzene rings is 1. The van der Waals surface area contributed by atoms with Gasteiger partial charge in [0.15, 0.2) is 5.82 Å². The van der Waals surface area contributed by atoms with Gasteiger partial charge in [-0.05, 0) is 24.1 Å². The summed E-state index contributed by atoms with van der Waals surface area (Å²) >= 11 is 6.23. The number of rotatable bonds is 3. The van der Waals surface area contributed by atoms with Crippen LogP contribution in [0.4, 0.5) is 11.6 Å². The van der Waals surface area contributed by atoms with Crippen molar-refractivity contribution in [3.8, 4) is 5.75 Å². The number of nitrogens with two attached hydrogens (primary N) is 1. The lowest BCUT2D eigenvalue weighted by Crippen LogP contribution is -2.26. The largest absolute Gasteiger partial charge is 0.497 e. The van der Waals surface area contributed by atoms with Gasteiger partial charge in [0.25, 0.3) is 0 Å². The maximum atomic E-state index is 10.1. The Labute approximate surface area is 133 Å². The van der Waals surface area contributed by atoms with Crippen molar-refractivity contribution in [1.29, 1.82) is 0 Å². The molecule has 2 heterocycles. The Morgan fingerprint density at radius 2 is 2.23 bits per heavy atom. The summed E-state index contributed by atoms with van der Waals surface area (Å²) in [6.07, 6.45) is 1.51. The highest BCUT2D eigenvalue weighted by Gasteiger charge is 2.34. The highest BCUT2D eigenvalue weighted by Crippen LogP contribution is 2.39. The van der Waals surface area contributed by atoms with Crippen LogP contribution in [0.25, 0.3) is 0 Å². The maximum absolute atomic E-state index is 10.1. The van der Waals surface area contributed by atoms with Crippen molar-refractivity contribution in [3.63, 3.8) is 0 Å². The minimum atomic E-state index is -0.455. The molecule has 7 heteroatoms. The van der Waals surface area contributed by atoms with Crippen molar-refractivity contribution in [1.82, 2.24) is 9.97 Å². The van der Waals surface area contributed by atoms with Gasteiger partial charge in [0.05, 0.1) is 19.3 Å². The summed E-state index contributed by atoms with van der Waals surface area (Å²) in [6, 6.07) is 7.71. The zero-order valence-electron chi connectivity index (χ0n) is 12.1. The van der Waals surface area contributed by atoms with E-state index < -0.39 is 6.10 Å². The molecular weight excluding hydrogens is 304 g/mol. The molecule has 1 aliphatic heterocycles. The number of hydrogen-bond acceptors (Lipinski definition) is 6. The molecule has 1 aromatic heterocycles. The van der Waals surface area contributed by atoms with E-state index in [1.165, 1.54) is 6.33 Å². The molecule has 2 atom stereocenters. The van der Waals surface area contributed by atoms with Gasteiger partial charge in [0, 0.05) is 6.54 Å². The molecule has 6 nitrogen and oxygen atoms in total. The molecule has 1 saturated heterocycles. The quantitative estimate of drug-likeness (QED) is 0.900. The summed E-state index contributed by atoms with van der Waals surface area (Å²) in [5.74, 6) is 1.54. The molecule has 1 aromatic carbocycles. The molecule has 0 bridgehead atoms. The summed E-state index contributed by atoms with van der Waals surface area (Å²) in [5, 5.41) is 10.4. The van der Waals surface area contributed by atoms with E-state index in [2.05, 4.69) is 9.97 Å². The van der Waals surface area contributed by atoms with Crippen LogP contribution in [0.1, 0.15) is 18.0 Å². The van der Waals surface area contributed by atoms with E-state index in [0.29, 0.717) is 23.8 Å². The third kappa shape index (κ3) is 2.67. The number of aliphatic hydroxyl groups excluding tert-OH is 1. The molecule has 3 N–H and O–H groups in total. The molecule has 0 saturated carbocycles. The van der Waals surface area contributed by atoms with Gasteiger partial charge < -0.3 is 20.5 Å². The molecule has 0 aliphatic carbocycles. The maximum Gasteiger partial charge on any atom is 0.153 e. The summed E-state index contributed by atoms with van der Waals surface area (Å²) in [4.78, 5) is 10.1. The van der Waals surface area contributed by atoms with Gasteiger partial charge >= 0.3 is 0 Å². The standard InChI is InChI=1S/C15H17ClN4O2/c1-22-11-4-2-3-9(5-11)12-6-10(21)7-20(12)15-13(16)14(17)18-8-19-15/h2-5,8,10,12,21H,6-7H2,1H3,(H2,17,18,19)/t10-,12+/m1/s1. The SMILES string of the molecule is COc1cccc([C@@H]2C[C@@H](O)CN2c2ncnc(N)c2Cl)c1. The Morgan fingerprint density at radius 1 is 1.41 bits per heavy atom. The first kappa shape index (κ1) is 14.9. The van der Waals surface area contributed by atoms with Crippen LogP contribution in [0.3, 0.4) is 0 Å². The second-order valence-electron chi connectivity index (χ2n) is 5.23. The number of anilines is 2. The van der Waals surface area contributed by atoms with Crippen LogP contribution in [0.2, 0.25) is 5.02 Å². The summed E-state index contributed by atoms with van der Waals surface area (Å²) < 4.78 is 5.27. The van der Waals surface area contributed by atoms with E-state index >= 15 is 0 Å². The topological polar surface area (TPSA) is 84.5 Å². The molecular formula is C15H17ClN4O2. The Balaban J connectivity index is 2.00. The minimum absolute atomic E-state index is 0.0445. The number of aliphatic hydroxyl groups is 1. The fourth-order valence-corrected chi connectivity index (χ4v) is 2.99. The van der Waals surface area contributed by atoms with Gasteiger partial charge in [0.2, 0.25) is 0 Å². The number of halogens is 1. The number of hydrogen-bond donors (Lipinski definition) is 2. The number of methoxy groups -OCH3 is 1. The highest BCUT2D eigenvalue weighted by molar-refractivity contribution is 6.35. The van der Waals surface area contributed by atoms with Crippen LogP contribution in [-0.4, -0.2) is 34.8 Å². The van der Waals surface area contributed by atoms with E-state index in [9.17, 15) is 5.11 Å². The van der Waals surface area contributed by atoms with E-state index in [0.717, 1.165) is 11.3 Å². The molecule has 0 spiro atoms. The summed E-state index contributed by atoms with van der Waals surface area (Å²) in [5.41, 5.74) is 6.79. The second kappa shape index (κ2) is 5.98. The Hall–Kier alpha value is -2.05. The number of nitrogens with zero attached hydrogens (tertiary/aromatic N) is 3. The first-order chi connectivity index (χ1) is 10.6.